The molecule has 0 bridgehead atoms. The maximum Gasteiger partial charge on any atom is 0.673 e. The molecule has 58 valence electrons. The van der Waals surface area contributed by atoms with E-state index in [1.807, 2.05) is 0 Å². The minimum absolute atomic E-state index is 0.833. The van der Waals surface area contributed by atoms with Gasteiger partial charge in [0.15, 0.2) is 0 Å². The van der Waals surface area contributed by atoms with Gasteiger partial charge in [-0.25, -0.2) is 0 Å². The average Bonchev–Trinajstić information content (AvgIpc) is 1.19. The average molecular weight is 145 g/mol. The van der Waals surface area contributed by atoms with Crippen LogP contribution in [0.1, 0.15) is 20.8 Å². The Labute approximate surface area is 52.4 Å². The van der Waals surface area contributed by atoms with E-state index in [4.69, 9.17) is 0 Å². The lowest BCUT2D eigenvalue weighted by Gasteiger charge is -1.94. The van der Waals surface area contributed by atoms with Crippen LogP contribution in [0.2, 0.25) is 0 Å². The van der Waals surface area contributed by atoms with Crippen molar-refractivity contribution in [1.29, 1.82) is 0 Å². The highest BCUT2D eigenvalue weighted by atomic mass is 19.5. The molecule has 0 nitrogen and oxygen atoms in total. The molecule has 0 N–H and O–H groups in total. The first-order valence-electron chi connectivity index (χ1n) is 2.60. The zero-order valence-electron chi connectivity index (χ0n) is 5.67. The van der Waals surface area contributed by atoms with Crippen LogP contribution in [0.15, 0.2) is 0 Å². The summed E-state index contributed by atoms with van der Waals surface area (Å²) in [6.45, 7) is 6.50. The standard InChI is InChI=1S/C4H10.BF4/c1-4(2)3;2-1(3,4)5/h4H,1-3H3;/q;-1. The highest BCUT2D eigenvalue weighted by Crippen LogP contribution is 2.06. The molecular weight excluding hydrogens is 135 g/mol. The molecule has 0 unspecified atom stereocenters. The van der Waals surface area contributed by atoms with Crippen LogP contribution in [0.5, 0.6) is 0 Å². The Morgan fingerprint density at radius 3 is 0.889 bits per heavy atom. The second-order valence-electron chi connectivity index (χ2n) is 2.23. The highest BCUT2D eigenvalue weighted by molar-refractivity contribution is 6.50. The van der Waals surface area contributed by atoms with Crippen LogP contribution in [0, 0.1) is 5.92 Å². The van der Waals surface area contributed by atoms with Crippen LogP contribution in [-0.2, 0) is 0 Å². The van der Waals surface area contributed by atoms with Crippen molar-refractivity contribution in [3.63, 3.8) is 0 Å². The smallest absolute Gasteiger partial charge is 0.418 e. The summed E-state index contributed by atoms with van der Waals surface area (Å²) >= 11 is 0. The maximum absolute atomic E-state index is 9.75. The molecule has 0 saturated carbocycles. The van der Waals surface area contributed by atoms with E-state index in [1.54, 1.807) is 0 Å². The second kappa shape index (κ2) is 4.64. The zero-order chi connectivity index (χ0) is 8.08. The Morgan fingerprint density at radius 2 is 0.889 bits per heavy atom. The van der Waals surface area contributed by atoms with Crippen molar-refractivity contribution in [1.82, 2.24) is 0 Å². The monoisotopic (exact) mass is 145 g/mol. The lowest BCUT2D eigenvalue weighted by atomic mass is 10.3. The second-order valence-corrected chi connectivity index (χ2v) is 2.23. The third kappa shape index (κ3) is 5630. The van der Waals surface area contributed by atoms with Crippen molar-refractivity contribution >= 4 is 7.25 Å². The quantitative estimate of drug-likeness (QED) is 0.363. The Kier molecular flexibility index (Phi) is 5.97. The fourth-order valence-electron chi connectivity index (χ4n) is 0. The van der Waals surface area contributed by atoms with Crippen molar-refractivity contribution in [2.24, 2.45) is 5.92 Å². The molecule has 0 aromatic heterocycles. The molecule has 0 amide bonds. The molecule has 0 radical (unpaired) electrons. The van der Waals surface area contributed by atoms with E-state index >= 15 is 0 Å². The maximum atomic E-state index is 9.75. The van der Waals surface area contributed by atoms with Gasteiger partial charge in [-0.15, -0.1) is 0 Å². The van der Waals surface area contributed by atoms with Gasteiger partial charge in [0, 0.05) is 0 Å². The van der Waals surface area contributed by atoms with Crippen molar-refractivity contribution in [3.8, 4) is 0 Å². The van der Waals surface area contributed by atoms with Crippen molar-refractivity contribution < 1.29 is 17.3 Å². The molecule has 0 aliphatic rings. The molecule has 0 spiro atoms. The minimum Gasteiger partial charge on any atom is -0.418 e. The van der Waals surface area contributed by atoms with Crippen LogP contribution >= 0.6 is 0 Å². The first kappa shape index (κ1) is 11.6. The number of hydrogen-bond donors (Lipinski definition) is 0. The Morgan fingerprint density at radius 1 is 0.889 bits per heavy atom. The van der Waals surface area contributed by atoms with Gasteiger partial charge in [-0.05, 0) is 5.92 Å². The van der Waals surface area contributed by atoms with Crippen molar-refractivity contribution in [3.05, 3.63) is 0 Å². The van der Waals surface area contributed by atoms with Crippen LogP contribution < -0.4 is 0 Å². The molecule has 0 aromatic carbocycles. The summed E-state index contributed by atoms with van der Waals surface area (Å²) in [4.78, 5) is 0. The van der Waals surface area contributed by atoms with Gasteiger partial charge in [-0.2, -0.15) is 0 Å². The van der Waals surface area contributed by atoms with E-state index in [0.29, 0.717) is 0 Å². The van der Waals surface area contributed by atoms with Gasteiger partial charge in [0.05, 0.1) is 0 Å². The van der Waals surface area contributed by atoms with E-state index < -0.39 is 7.25 Å². The SMILES string of the molecule is CC(C)C.F[B-](F)(F)F. The van der Waals surface area contributed by atoms with Gasteiger partial charge in [-0.1, -0.05) is 20.8 Å². The first-order valence-corrected chi connectivity index (χ1v) is 2.60. The molecule has 0 atom stereocenters. The largest absolute Gasteiger partial charge is 0.673 e. The fraction of sp³-hybridized carbons (Fsp3) is 1.00. The summed E-state index contributed by atoms with van der Waals surface area (Å²) in [6.07, 6.45) is 0. The number of halogens is 4. The molecular formula is C4H10BF4-. The van der Waals surface area contributed by atoms with Crippen molar-refractivity contribution in [2.45, 2.75) is 20.8 Å². The highest BCUT2D eigenvalue weighted by Gasteiger charge is 2.20. The lowest BCUT2D eigenvalue weighted by molar-refractivity contribution is 0.368. The van der Waals surface area contributed by atoms with Crippen LogP contribution in [0.4, 0.5) is 17.3 Å². The van der Waals surface area contributed by atoms with Gasteiger partial charge in [0.1, 0.15) is 0 Å². The van der Waals surface area contributed by atoms with Crippen molar-refractivity contribution in [2.75, 3.05) is 0 Å². The summed E-state index contributed by atoms with van der Waals surface area (Å²) < 4.78 is 39.0. The predicted octanol–water partition coefficient (Wildman–Crippen LogP) is 2.96. The summed E-state index contributed by atoms with van der Waals surface area (Å²) in [7, 11) is -6.00. The van der Waals surface area contributed by atoms with E-state index in [0.717, 1.165) is 5.92 Å². The first-order chi connectivity index (χ1) is 3.73. The predicted molar refractivity (Wildman–Crippen MR) is 30.7 cm³/mol. The van der Waals surface area contributed by atoms with E-state index in [9.17, 15) is 17.3 Å². The Hall–Kier alpha value is -0.215. The van der Waals surface area contributed by atoms with Gasteiger partial charge in [-0.3, -0.25) is 0 Å². The number of hydrogen-bond acceptors (Lipinski definition) is 0. The Bertz CT molecular complexity index is 49.3. The van der Waals surface area contributed by atoms with Crippen LogP contribution in [0.3, 0.4) is 0 Å². The normalized spacial score (nSPS) is 10.7. The third-order valence-electron chi connectivity index (χ3n) is 0. The lowest BCUT2D eigenvalue weighted by Crippen LogP contribution is -2.02. The molecule has 0 fully saturated rings. The molecule has 0 aliphatic carbocycles. The van der Waals surface area contributed by atoms with E-state index in [-0.39, 0.29) is 0 Å². The third-order valence-corrected chi connectivity index (χ3v) is 0. The fourth-order valence-corrected chi connectivity index (χ4v) is 0. The minimum atomic E-state index is -6.00. The van der Waals surface area contributed by atoms with Crippen LogP contribution in [0.25, 0.3) is 0 Å². The Balaban J connectivity index is 0. The summed E-state index contributed by atoms with van der Waals surface area (Å²) in [5, 5.41) is 0. The molecule has 0 rings (SSSR count). The molecule has 0 aromatic rings. The number of rotatable bonds is 0. The molecule has 5 heteroatoms. The summed E-state index contributed by atoms with van der Waals surface area (Å²) in [5.74, 6) is 0.833. The van der Waals surface area contributed by atoms with Crippen LogP contribution in [-0.4, -0.2) is 7.25 Å². The molecule has 0 heterocycles. The van der Waals surface area contributed by atoms with Gasteiger partial charge >= 0.3 is 7.25 Å². The van der Waals surface area contributed by atoms with Gasteiger partial charge < -0.3 is 17.3 Å². The van der Waals surface area contributed by atoms with Gasteiger partial charge in [0.25, 0.3) is 0 Å². The van der Waals surface area contributed by atoms with E-state index in [1.165, 1.54) is 0 Å². The molecule has 0 saturated heterocycles. The zero-order valence-corrected chi connectivity index (χ0v) is 5.67. The molecule has 0 aliphatic heterocycles. The molecule has 9 heavy (non-hydrogen) atoms. The van der Waals surface area contributed by atoms with Gasteiger partial charge in [0.2, 0.25) is 0 Å². The summed E-state index contributed by atoms with van der Waals surface area (Å²) in [5.41, 5.74) is 0. The van der Waals surface area contributed by atoms with E-state index in [2.05, 4.69) is 20.8 Å². The topological polar surface area (TPSA) is 0 Å². The summed E-state index contributed by atoms with van der Waals surface area (Å²) in [6, 6.07) is 0.